The molecule has 4 rings (SSSR count). The van der Waals surface area contributed by atoms with Gasteiger partial charge in [-0.2, -0.15) is 5.26 Å². The van der Waals surface area contributed by atoms with E-state index in [2.05, 4.69) is 22.0 Å². The second-order valence-corrected chi connectivity index (χ2v) is 9.28. The van der Waals surface area contributed by atoms with Crippen molar-refractivity contribution in [3.63, 3.8) is 0 Å². The van der Waals surface area contributed by atoms with Gasteiger partial charge < -0.3 is 18.9 Å². The highest BCUT2D eigenvalue weighted by Crippen LogP contribution is 2.33. The standard InChI is InChI=1S/C32H28BrNO4/c1-3-36-32-18-24(17-27(20-34)26-11-13-28(33)14-12-26)9-15-30(32)38-22-25-10-16-29(31(19-25)35-2)37-21-23-7-5-4-6-8-23/h4-19H,3,21-22H2,1-2H3/b27-17+. The van der Waals surface area contributed by atoms with Crippen molar-refractivity contribution in [1.29, 1.82) is 5.26 Å². The van der Waals surface area contributed by atoms with Gasteiger partial charge in [0, 0.05) is 4.47 Å². The normalized spacial score (nSPS) is 10.9. The van der Waals surface area contributed by atoms with E-state index < -0.39 is 0 Å². The molecule has 0 unspecified atom stereocenters. The van der Waals surface area contributed by atoms with Gasteiger partial charge in [0.05, 0.1) is 25.4 Å². The Morgan fingerprint density at radius 1 is 0.763 bits per heavy atom. The van der Waals surface area contributed by atoms with Crippen LogP contribution in [0.1, 0.15) is 29.2 Å². The molecule has 0 aromatic heterocycles. The number of halogens is 1. The summed E-state index contributed by atoms with van der Waals surface area (Å²) in [5.41, 5.74) is 4.28. The lowest BCUT2D eigenvalue weighted by Gasteiger charge is -2.15. The highest BCUT2D eigenvalue weighted by molar-refractivity contribution is 9.10. The van der Waals surface area contributed by atoms with Crippen LogP contribution in [0.15, 0.2) is 95.5 Å². The molecule has 0 saturated carbocycles. The molecule has 38 heavy (non-hydrogen) atoms. The minimum absolute atomic E-state index is 0.326. The van der Waals surface area contributed by atoms with E-state index in [1.54, 1.807) is 7.11 Å². The molecule has 0 N–H and O–H groups in total. The number of hydrogen-bond donors (Lipinski definition) is 0. The number of nitriles is 1. The predicted molar refractivity (Wildman–Crippen MR) is 153 cm³/mol. The van der Waals surface area contributed by atoms with E-state index in [0.717, 1.165) is 26.7 Å². The molecule has 0 aliphatic carbocycles. The molecule has 0 atom stereocenters. The zero-order chi connectivity index (χ0) is 26.7. The summed E-state index contributed by atoms with van der Waals surface area (Å²) >= 11 is 3.43. The highest BCUT2D eigenvalue weighted by atomic mass is 79.9. The van der Waals surface area contributed by atoms with Crippen LogP contribution in [0, 0.1) is 11.3 Å². The third kappa shape index (κ3) is 7.18. The SMILES string of the molecule is CCOc1cc(/C=C(\C#N)c2ccc(Br)cc2)ccc1OCc1ccc(OCc2ccccc2)c(OC)c1. The van der Waals surface area contributed by atoms with E-state index in [0.29, 0.717) is 48.4 Å². The van der Waals surface area contributed by atoms with Crippen LogP contribution in [-0.4, -0.2) is 13.7 Å². The highest BCUT2D eigenvalue weighted by Gasteiger charge is 2.11. The van der Waals surface area contributed by atoms with Gasteiger partial charge in [0.2, 0.25) is 0 Å². The van der Waals surface area contributed by atoms with Crippen molar-refractivity contribution < 1.29 is 18.9 Å². The summed E-state index contributed by atoms with van der Waals surface area (Å²) in [6.45, 7) is 3.20. The lowest BCUT2D eigenvalue weighted by atomic mass is 10.0. The van der Waals surface area contributed by atoms with E-state index in [9.17, 15) is 5.26 Å². The maximum Gasteiger partial charge on any atom is 0.161 e. The molecule has 0 saturated heterocycles. The molecule has 6 heteroatoms. The Labute approximate surface area is 232 Å². The van der Waals surface area contributed by atoms with Crippen molar-refractivity contribution in [2.45, 2.75) is 20.1 Å². The molecule has 0 bridgehead atoms. The van der Waals surface area contributed by atoms with Crippen molar-refractivity contribution in [2.75, 3.05) is 13.7 Å². The van der Waals surface area contributed by atoms with E-state index in [1.807, 2.05) is 104 Å². The molecular weight excluding hydrogens is 542 g/mol. The molecular formula is C32H28BrNO4. The van der Waals surface area contributed by atoms with Crippen molar-refractivity contribution in [2.24, 2.45) is 0 Å². The van der Waals surface area contributed by atoms with E-state index in [1.165, 1.54) is 0 Å². The van der Waals surface area contributed by atoms with Crippen LogP contribution < -0.4 is 18.9 Å². The van der Waals surface area contributed by atoms with Crippen molar-refractivity contribution in [3.05, 3.63) is 118 Å². The summed E-state index contributed by atoms with van der Waals surface area (Å²) in [6, 6.07) is 31.4. The molecule has 0 fully saturated rings. The topological polar surface area (TPSA) is 60.7 Å². The molecule has 0 amide bonds. The smallest absolute Gasteiger partial charge is 0.161 e. The quantitative estimate of drug-likeness (QED) is 0.135. The first kappa shape index (κ1) is 26.8. The van der Waals surface area contributed by atoms with Gasteiger partial charge in [0.25, 0.3) is 0 Å². The molecule has 0 aliphatic heterocycles. The number of benzene rings is 4. The second kappa shape index (κ2) is 13.4. The Morgan fingerprint density at radius 2 is 1.45 bits per heavy atom. The van der Waals surface area contributed by atoms with Gasteiger partial charge >= 0.3 is 0 Å². The Morgan fingerprint density at radius 3 is 2.13 bits per heavy atom. The fraction of sp³-hybridized carbons (Fsp3) is 0.156. The zero-order valence-corrected chi connectivity index (χ0v) is 22.9. The fourth-order valence-electron chi connectivity index (χ4n) is 3.80. The lowest BCUT2D eigenvalue weighted by Crippen LogP contribution is -2.02. The van der Waals surface area contributed by atoms with Crippen molar-refractivity contribution in [3.8, 4) is 29.1 Å². The van der Waals surface area contributed by atoms with E-state index in [4.69, 9.17) is 18.9 Å². The second-order valence-electron chi connectivity index (χ2n) is 8.36. The number of methoxy groups -OCH3 is 1. The maximum absolute atomic E-state index is 9.70. The number of allylic oxidation sites excluding steroid dienone is 1. The van der Waals surface area contributed by atoms with Crippen LogP contribution in [0.25, 0.3) is 11.6 Å². The predicted octanol–water partition coefficient (Wildman–Crippen LogP) is 8.08. The first-order valence-corrected chi connectivity index (χ1v) is 13.0. The average Bonchev–Trinajstić information content (AvgIpc) is 2.95. The third-order valence-electron chi connectivity index (χ3n) is 5.71. The molecule has 0 spiro atoms. The van der Waals surface area contributed by atoms with E-state index in [-0.39, 0.29) is 0 Å². The Bertz CT molecular complexity index is 1430. The fourth-order valence-corrected chi connectivity index (χ4v) is 4.06. The molecule has 0 heterocycles. The van der Waals surface area contributed by atoms with Crippen LogP contribution in [0.3, 0.4) is 0 Å². The molecule has 5 nitrogen and oxygen atoms in total. The van der Waals surface area contributed by atoms with Gasteiger partial charge in [-0.05, 0) is 71.7 Å². The van der Waals surface area contributed by atoms with E-state index >= 15 is 0 Å². The summed E-state index contributed by atoms with van der Waals surface area (Å²) in [4.78, 5) is 0. The molecule has 4 aromatic rings. The minimum Gasteiger partial charge on any atom is -0.493 e. The van der Waals surface area contributed by atoms with Crippen LogP contribution in [0.5, 0.6) is 23.0 Å². The third-order valence-corrected chi connectivity index (χ3v) is 6.24. The summed E-state index contributed by atoms with van der Waals surface area (Å²) in [7, 11) is 1.62. The number of hydrogen-bond acceptors (Lipinski definition) is 5. The Kier molecular flexibility index (Phi) is 9.44. The van der Waals surface area contributed by atoms with Gasteiger partial charge in [-0.3, -0.25) is 0 Å². The van der Waals surface area contributed by atoms with Gasteiger partial charge in [0.1, 0.15) is 13.2 Å². The van der Waals surface area contributed by atoms with Crippen molar-refractivity contribution in [1.82, 2.24) is 0 Å². The monoisotopic (exact) mass is 569 g/mol. The zero-order valence-electron chi connectivity index (χ0n) is 21.3. The molecule has 4 aromatic carbocycles. The van der Waals surface area contributed by atoms with Gasteiger partial charge in [-0.25, -0.2) is 0 Å². The van der Waals surface area contributed by atoms with Crippen LogP contribution in [0.4, 0.5) is 0 Å². The van der Waals surface area contributed by atoms with Crippen molar-refractivity contribution >= 4 is 27.6 Å². The molecule has 0 radical (unpaired) electrons. The molecule has 192 valence electrons. The number of nitrogens with zero attached hydrogens (tertiary/aromatic N) is 1. The first-order valence-electron chi connectivity index (χ1n) is 12.2. The number of ether oxygens (including phenoxy) is 4. The summed E-state index contributed by atoms with van der Waals surface area (Å²) in [5, 5.41) is 9.70. The Balaban J connectivity index is 1.47. The summed E-state index contributed by atoms with van der Waals surface area (Å²) < 4.78 is 24.4. The van der Waals surface area contributed by atoms with Crippen LogP contribution in [-0.2, 0) is 13.2 Å². The van der Waals surface area contributed by atoms with Gasteiger partial charge in [-0.1, -0.05) is 70.5 Å². The maximum atomic E-state index is 9.70. The lowest BCUT2D eigenvalue weighted by molar-refractivity contribution is 0.266. The summed E-state index contributed by atoms with van der Waals surface area (Å²) in [5.74, 6) is 2.55. The summed E-state index contributed by atoms with van der Waals surface area (Å²) in [6.07, 6.45) is 1.84. The van der Waals surface area contributed by atoms with Crippen LogP contribution >= 0.6 is 15.9 Å². The van der Waals surface area contributed by atoms with Gasteiger partial charge in [-0.15, -0.1) is 0 Å². The minimum atomic E-state index is 0.326. The first-order chi connectivity index (χ1) is 18.6. The van der Waals surface area contributed by atoms with Crippen LogP contribution in [0.2, 0.25) is 0 Å². The molecule has 0 aliphatic rings. The van der Waals surface area contributed by atoms with Gasteiger partial charge in [0.15, 0.2) is 23.0 Å². The average molecular weight is 570 g/mol. The largest absolute Gasteiger partial charge is 0.493 e. The Hall–Kier alpha value is -4.21. The number of rotatable bonds is 11.